The van der Waals surface area contributed by atoms with Crippen LogP contribution in [0.5, 0.6) is 0 Å². The molecule has 2 atom stereocenters. The third-order valence-electron chi connectivity index (χ3n) is 3.55. The zero-order valence-corrected chi connectivity index (χ0v) is 8.09. The first kappa shape index (κ1) is 10.0. The summed E-state index contributed by atoms with van der Waals surface area (Å²) >= 11 is 0. The summed E-state index contributed by atoms with van der Waals surface area (Å²) in [6, 6.07) is 0. The lowest BCUT2D eigenvalue weighted by Gasteiger charge is -2.17. The van der Waals surface area contributed by atoms with Crippen LogP contribution in [0, 0.1) is 10.8 Å². The topological polar surface area (TPSA) is 86.2 Å². The van der Waals surface area contributed by atoms with Crippen LogP contribution in [0.25, 0.3) is 0 Å². The predicted octanol–water partition coefficient (Wildman–Crippen LogP) is 0.153. The fourth-order valence-electron chi connectivity index (χ4n) is 2.39. The molecule has 0 aromatic heterocycles. The average Bonchev–Trinajstić information content (AvgIpc) is 2.75. The zero-order valence-electron chi connectivity index (χ0n) is 8.09. The SMILES string of the molecule is CCC1(C(N)=O)CC1(CC)C(N)=O. The molecule has 2 amide bonds. The van der Waals surface area contributed by atoms with Crippen molar-refractivity contribution in [3.8, 4) is 0 Å². The van der Waals surface area contributed by atoms with Crippen molar-refractivity contribution in [3.63, 3.8) is 0 Å². The first-order valence-electron chi connectivity index (χ1n) is 4.56. The molecule has 74 valence electrons. The zero-order chi connectivity index (χ0) is 10.3. The van der Waals surface area contributed by atoms with Gasteiger partial charge in [0, 0.05) is 0 Å². The number of hydrogen-bond acceptors (Lipinski definition) is 2. The molecular formula is C9H16N2O2. The fourth-order valence-corrected chi connectivity index (χ4v) is 2.39. The van der Waals surface area contributed by atoms with E-state index in [9.17, 15) is 9.59 Å². The van der Waals surface area contributed by atoms with Crippen molar-refractivity contribution in [1.82, 2.24) is 0 Å². The fraction of sp³-hybridized carbons (Fsp3) is 0.778. The Labute approximate surface area is 77.7 Å². The van der Waals surface area contributed by atoms with Crippen molar-refractivity contribution in [1.29, 1.82) is 0 Å². The maximum atomic E-state index is 11.2. The Morgan fingerprint density at radius 3 is 1.46 bits per heavy atom. The van der Waals surface area contributed by atoms with E-state index in [1.807, 2.05) is 13.8 Å². The Morgan fingerprint density at radius 1 is 1.08 bits per heavy atom. The largest absolute Gasteiger partial charge is 0.369 e. The summed E-state index contributed by atoms with van der Waals surface area (Å²) < 4.78 is 0. The molecule has 0 saturated heterocycles. The van der Waals surface area contributed by atoms with Gasteiger partial charge in [-0.3, -0.25) is 9.59 Å². The number of amides is 2. The standard InChI is InChI=1S/C9H16N2O2/c1-3-8(6(10)12)5-9(8,4-2)7(11)13/h3-5H2,1-2H3,(H2,10,12)(H2,11,13). The number of primary amides is 2. The second-order valence-corrected chi connectivity index (χ2v) is 3.78. The molecular weight excluding hydrogens is 168 g/mol. The van der Waals surface area contributed by atoms with Crippen LogP contribution in [0.2, 0.25) is 0 Å². The second-order valence-electron chi connectivity index (χ2n) is 3.78. The molecule has 0 bridgehead atoms. The Kier molecular flexibility index (Phi) is 2.10. The van der Waals surface area contributed by atoms with E-state index >= 15 is 0 Å². The van der Waals surface area contributed by atoms with Crippen molar-refractivity contribution in [2.45, 2.75) is 33.1 Å². The molecule has 1 aliphatic rings. The minimum atomic E-state index is -0.659. The highest BCUT2D eigenvalue weighted by atomic mass is 16.2. The van der Waals surface area contributed by atoms with Crippen LogP contribution in [0.4, 0.5) is 0 Å². The van der Waals surface area contributed by atoms with Crippen molar-refractivity contribution in [2.24, 2.45) is 22.3 Å². The number of carbonyl (C=O) groups excluding carboxylic acids is 2. The molecule has 0 spiro atoms. The minimum absolute atomic E-state index is 0.393. The Morgan fingerprint density at radius 2 is 1.38 bits per heavy atom. The molecule has 2 unspecified atom stereocenters. The molecule has 1 fully saturated rings. The lowest BCUT2D eigenvalue weighted by Crippen LogP contribution is -2.37. The average molecular weight is 184 g/mol. The van der Waals surface area contributed by atoms with E-state index in [2.05, 4.69) is 0 Å². The molecule has 1 aliphatic carbocycles. The summed E-state index contributed by atoms with van der Waals surface area (Å²) in [5.41, 5.74) is 9.25. The van der Waals surface area contributed by atoms with Gasteiger partial charge in [0.1, 0.15) is 0 Å². The highest BCUT2D eigenvalue weighted by Crippen LogP contribution is 2.67. The Balaban J connectivity index is 2.99. The van der Waals surface area contributed by atoms with Crippen LogP contribution >= 0.6 is 0 Å². The number of carbonyl (C=O) groups is 2. The summed E-state index contributed by atoms with van der Waals surface area (Å²) in [6.07, 6.45) is 1.72. The van der Waals surface area contributed by atoms with Crippen LogP contribution in [-0.4, -0.2) is 11.8 Å². The second kappa shape index (κ2) is 2.72. The molecule has 4 nitrogen and oxygen atoms in total. The van der Waals surface area contributed by atoms with Gasteiger partial charge in [-0.15, -0.1) is 0 Å². The van der Waals surface area contributed by atoms with Crippen LogP contribution in [0.15, 0.2) is 0 Å². The molecule has 1 saturated carbocycles. The van der Waals surface area contributed by atoms with Gasteiger partial charge in [-0.1, -0.05) is 13.8 Å². The quantitative estimate of drug-likeness (QED) is 0.651. The lowest BCUT2D eigenvalue weighted by atomic mass is 9.87. The van der Waals surface area contributed by atoms with Crippen molar-refractivity contribution < 1.29 is 9.59 Å². The van der Waals surface area contributed by atoms with Gasteiger partial charge >= 0.3 is 0 Å². The van der Waals surface area contributed by atoms with Gasteiger partial charge in [0.15, 0.2) is 0 Å². The van der Waals surface area contributed by atoms with Crippen LogP contribution < -0.4 is 11.5 Å². The normalized spacial score (nSPS) is 37.1. The molecule has 0 aromatic carbocycles. The van der Waals surface area contributed by atoms with E-state index in [-0.39, 0.29) is 0 Å². The minimum Gasteiger partial charge on any atom is -0.369 e. The molecule has 0 aliphatic heterocycles. The number of rotatable bonds is 4. The highest BCUT2D eigenvalue weighted by Gasteiger charge is 2.72. The molecule has 0 aromatic rings. The molecule has 1 rings (SSSR count). The predicted molar refractivity (Wildman–Crippen MR) is 48.5 cm³/mol. The summed E-state index contributed by atoms with van der Waals surface area (Å²) in [7, 11) is 0. The van der Waals surface area contributed by atoms with Gasteiger partial charge < -0.3 is 11.5 Å². The van der Waals surface area contributed by atoms with Gasteiger partial charge in [0.25, 0.3) is 0 Å². The van der Waals surface area contributed by atoms with Crippen molar-refractivity contribution >= 4 is 11.8 Å². The van der Waals surface area contributed by atoms with Crippen molar-refractivity contribution in [3.05, 3.63) is 0 Å². The van der Waals surface area contributed by atoms with Gasteiger partial charge in [0.05, 0.1) is 10.8 Å². The summed E-state index contributed by atoms with van der Waals surface area (Å²) in [5, 5.41) is 0. The van der Waals surface area contributed by atoms with Crippen LogP contribution in [0.1, 0.15) is 33.1 Å². The molecule has 4 N–H and O–H groups in total. The van der Waals surface area contributed by atoms with E-state index < -0.39 is 22.6 Å². The van der Waals surface area contributed by atoms with E-state index in [0.717, 1.165) is 0 Å². The smallest absolute Gasteiger partial charge is 0.224 e. The van der Waals surface area contributed by atoms with Crippen molar-refractivity contribution in [2.75, 3.05) is 0 Å². The maximum absolute atomic E-state index is 11.2. The summed E-state index contributed by atoms with van der Waals surface area (Å²) in [6.45, 7) is 3.73. The molecule has 0 radical (unpaired) electrons. The monoisotopic (exact) mass is 184 g/mol. The lowest BCUT2D eigenvalue weighted by molar-refractivity contribution is -0.131. The number of nitrogens with two attached hydrogens (primary N) is 2. The first-order chi connectivity index (χ1) is 5.97. The summed E-state index contributed by atoms with van der Waals surface area (Å²) in [5.74, 6) is -0.786. The van der Waals surface area contributed by atoms with Gasteiger partial charge in [0.2, 0.25) is 11.8 Å². The molecule has 13 heavy (non-hydrogen) atoms. The van der Waals surface area contributed by atoms with Gasteiger partial charge in [-0.05, 0) is 19.3 Å². The maximum Gasteiger partial charge on any atom is 0.224 e. The van der Waals surface area contributed by atoms with Crippen LogP contribution in [-0.2, 0) is 9.59 Å². The van der Waals surface area contributed by atoms with E-state index in [0.29, 0.717) is 19.3 Å². The van der Waals surface area contributed by atoms with Gasteiger partial charge in [-0.2, -0.15) is 0 Å². The number of hydrogen-bond donors (Lipinski definition) is 2. The third-order valence-corrected chi connectivity index (χ3v) is 3.55. The molecule has 4 heteroatoms. The Hall–Kier alpha value is -1.06. The highest BCUT2D eigenvalue weighted by molar-refractivity contribution is 5.97. The van der Waals surface area contributed by atoms with E-state index in [4.69, 9.17) is 11.5 Å². The van der Waals surface area contributed by atoms with Gasteiger partial charge in [-0.25, -0.2) is 0 Å². The van der Waals surface area contributed by atoms with E-state index in [1.165, 1.54) is 0 Å². The first-order valence-corrected chi connectivity index (χ1v) is 4.56. The van der Waals surface area contributed by atoms with Crippen LogP contribution in [0.3, 0.4) is 0 Å². The third kappa shape index (κ3) is 0.975. The summed E-state index contributed by atoms with van der Waals surface area (Å²) in [4.78, 5) is 22.4. The van der Waals surface area contributed by atoms with E-state index in [1.54, 1.807) is 0 Å². The Bertz CT molecular complexity index is 238. The molecule has 0 heterocycles.